The number of hydrogen-bond donors (Lipinski definition) is 1. The van der Waals surface area contributed by atoms with Crippen LogP contribution >= 0.6 is 15.6 Å². The van der Waals surface area contributed by atoms with Gasteiger partial charge in [0.1, 0.15) is 12.7 Å². The van der Waals surface area contributed by atoms with Gasteiger partial charge in [-0.2, -0.15) is 0 Å². The van der Waals surface area contributed by atoms with E-state index < -0.39 is 103 Å². The average molecular weight is 1330 g/mol. The van der Waals surface area contributed by atoms with Gasteiger partial charge in [0.15, 0.2) is 12.7 Å². The lowest BCUT2D eigenvalue weighted by Crippen LogP contribution is -2.31. The SMILES string of the molecule is CCCCCCCCCCCCCCCCCC(=O)OC(COC(=O)CCCCCCCCCC(=O)[O-])COP(=O)([O-])OCC(O)COP(=O)([O-])OC(COC(=O)CCCCCCCCCCC(=O)[O-])OC(=O)CCCCCCCCCCCCCCCCC. The van der Waals surface area contributed by atoms with Crippen molar-refractivity contribution in [2.75, 3.05) is 33.0 Å². The highest BCUT2D eigenvalue weighted by Crippen LogP contribution is 2.42. The third-order valence-corrected chi connectivity index (χ3v) is 17.5. The minimum absolute atomic E-state index is 0.00323. The third kappa shape index (κ3) is 63.7. The van der Waals surface area contributed by atoms with Crippen LogP contribution in [0.2, 0.25) is 0 Å². The molecule has 5 atom stereocenters. The van der Waals surface area contributed by atoms with Crippen LogP contribution in [0.1, 0.15) is 341 Å². The Labute approximate surface area is 542 Å². The maximum atomic E-state index is 13.0. The first-order valence-electron chi connectivity index (χ1n) is 35.4. The molecule has 0 radical (unpaired) electrons. The molecule has 0 aromatic carbocycles. The highest BCUT2D eigenvalue weighted by molar-refractivity contribution is 7.46. The summed E-state index contributed by atoms with van der Waals surface area (Å²) in [6.07, 6.45) is 40.2. The number of carboxylic acid groups (broad SMARTS) is 2. The van der Waals surface area contributed by atoms with Crippen molar-refractivity contribution in [3.8, 4) is 0 Å². The zero-order valence-corrected chi connectivity index (χ0v) is 57.6. The van der Waals surface area contributed by atoms with Crippen LogP contribution in [0.3, 0.4) is 0 Å². The van der Waals surface area contributed by atoms with Crippen LogP contribution in [0, 0.1) is 0 Å². The maximum Gasteiger partial charge on any atom is 0.308 e. The molecule has 0 fully saturated rings. The van der Waals surface area contributed by atoms with E-state index in [9.17, 15) is 63.0 Å². The van der Waals surface area contributed by atoms with Crippen LogP contribution in [-0.4, -0.2) is 92.5 Å². The van der Waals surface area contributed by atoms with Crippen LogP contribution in [0.4, 0.5) is 0 Å². The van der Waals surface area contributed by atoms with Gasteiger partial charge < -0.3 is 67.2 Å². The fraction of sp³-hybridized carbons (Fsp3) is 0.910. The molecule has 0 aromatic heterocycles. The second-order valence-electron chi connectivity index (χ2n) is 24.4. The molecule has 0 bridgehead atoms. The molecule has 0 amide bonds. The Kier molecular flexibility index (Phi) is 60.1. The molecule has 0 aliphatic heterocycles. The predicted molar refractivity (Wildman–Crippen MR) is 339 cm³/mol. The molecular weight excluding hydrogens is 1200 g/mol. The Balaban J connectivity index is 5.30. The van der Waals surface area contributed by atoms with Crippen LogP contribution in [0.25, 0.3) is 0 Å². The Hall–Kier alpha value is -3.00. The Bertz CT molecular complexity index is 1860. The van der Waals surface area contributed by atoms with Crippen molar-refractivity contribution in [2.24, 2.45) is 0 Å². The molecule has 0 aliphatic rings. The van der Waals surface area contributed by atoms with Gasteiger partial charge in [0.2, 0.25) is 6.29 Å². The van der Waals surface area contributed by atoms with Gasteiger partial charge in [-0.1, -0.05) is 264 Å². The normalized spacial score (nSPS) is 13.9. The summed E-state index contributed by atoms with van der Waals surface area (Å²) in [7, 11) is -10.7. The zero-order valence-electron chi connectivity index (χ0n) is 55.8. The van der Waals surface area contributed by atoms with Gasteiger partial charge in [-0.05, 0) is 51.4 Å². The average Bonchev–Trinajstić information content (AvgIpc) is 3.59. The molecule has 0 aliphatic carbocycles. The van der Waals surface area contributed by atoms with Crippen molar-refractivity contribution >= 4 is 51.5 Å². The van der Waals surface area contributed by atoms with Crippen molar-refractivity contribution in [3.63, 3.8) is 0 Å². The first-order chi connectivity index (χ1) is 43.4. The minimum Gasteiger partial charge on any atom is -0.756 e. The van der Waals surface area contributed by atoms with Crippen molar-refractivity contribution in [1.82, 2.24) is 0 Å². The van der Waals surface area contributed by atoms with Crippen LogP contribution in [-0.2, 0) is 74.9 Å². The second kappa shape index (κ2) is 62.1. The highest BCUT2D eigenvalue weighted by Gasteiger charge is 2.26. The Morgan fingerprint density at radius 1 is 0.322 bits per heavy atom. The molecule has 23 heteroatoms. The molecule has 0 spiro atoms. The molecule has 0 saturated heterocycles. The van der Waals surface area contributed by atoms with E-state index in [2.05, 4.69) is 13.8 Å². The van der Waals surface area contributed by atoms with Gasteiger partial charge in [-0.15, -0.1) is 0 Å². The van der Waals surface area contributed by atoms with Crippen LogP contribution in [0.5, 0.6) is 0 Å². The summed E-state index contributed by atoms with van der Waals surface area (Å²) in [5.74, 6) is -4.88. The summed E-state index contributed by atoms with van der Waals surface area (Å²) >= 11 is 0. The number of hydrogen-bond acceptors (Lipinski definition) is 21. The molecule has 21 nitrogen and oxygen atoms in total. The molecule has 90 heavy (non-hydrogen) atoms. The lowest BCUT2D eigenvalue weighted by Gasteiger charge is -2.29. The first kappa shape index (κ1) is 87.0. The zero-order chi connectivity index (χ0) is 66.5. The molecule has 530 valence electrons. The summed E-state index contributed by atoms with van der Waals surface area (Å²) in [5.41, 5.74) is 0. The number of ether oxygens (including phenoxy) is 4. The number of unbranched alkanes of at least 4 members (excludes halogenated alkanes) is 41. The number of carboxylic acids is 2. The number of carbonyl (C=O) groups is 6. The number of carbonyl (C=O) groups excluding carboxylic acids is 6. The van der Waals surface area contributed by atoms with E-state index in [1.165, 1.54) is 122 Å². The Morgan fingerprint density at radius 3 is 0.900 bits per heavy atom. The number of rotatable bonds is 70. The summed E-state index contributed by atoms with van der Waals surface area (Å²) in [6, 6.07) is 0. The third-order valence-electron chi connectivity index (χ3n) is 15.6. The van der Waals surface area contributed by atoms with Crippen molar-refractivity contribution in [1.29, 1.82) is 0 Å². The molecule has 0 saturated carbocycles. The topological polar surface area (TPSA) is 323 Å². The van der Waals surface area contributed by atoms with E-state index in [0.29, 0.717) is 44.9 Å². The molecule has 1 N–H and O–H groups in total. The lowest BCUT2D eigenvalue weighted by molar-refractivity contribution is -0.307. The van der Waals surface area contributed by atoms with Gasteiger partial charge in [-0.25, -0.2) is 0 Å². The van der Waals surface area contributed by atoms with E-state index >= 15 is 0 Å². The number of aliphatic hydroxyl groups is 1. The van der Waals surface area contributed by atoms with E-state index in [1.807, 2.05) is 0 Å². The van der Waals surface area contributed by atoms with Crippen LogP contribution in [0.15, 0.2) is 0 Å². The number of esters is 4. The monoisotopic (exact) mass is 1320 g/mol. The van der Waals surface area contributed by atoms with Gasteiger partial charge >= 0.3 is 23.9 Å². The predicted octanol–water partition coefficient (Wildman–Crippen LogP) is 13.7. The number of phosphoric ester groups is 2. The van der Waals surface area contributed by atoms with Gasteiger partial charge in [0.05, 0.1) is 19.8 Å². The van der Waals surface area contributed by atoms with Crippen molar-refractivity contribution in [2.45, 2.75) is 360 Å². The van der Waals surface area contributed by atoms with Crippen molar-refractivity contribution < 1.29 is 100 Å². The van der Waals surface area contributed by atoms with Gasteiger partial charge in [0.25, 0.3) is 15.6 Å². The Morgan fingerprint density at radius 2 is 0.578 bits per heavy atom. The number of aliphatic hydroxyl groups excluding tert-OH is 1. The first-order valence-corrected chi connectivity index (χ1v) is 38.3. The fourth-order valence-corrected chi connectivity index (χ4v) is 11.8. The van der Waals surface area contributed by atoms with E-state index in [0.717, 1.165) is 122 Å². The number of aliphatic carboxylic acids is 2. The van der Waals surface area contributed by atoms with Crippen LogP contribution < -0.4 is 20.0 Å². The number of phosphoric acid groups is 2. The largest absolute Gasteiger partial charge is 0.756 e. The molecule has 5 unspecified atom stereocenters. The van der Waals surface area contributed by atoms with E-state index in [4.69, 9.17) is 37.0 Å². The quantitative estimate of drug-likeness (QED) is 0.0194. The second-order valence-corrected chi connectivity index (χ2v) is 27.2. The smallest absolute Gasteiger partial charge is 0.308 e. The van der Waals surface area contributed by atoms with Gasteiger partial charge in [0, 0.05) is 37.6 Å². The molecule has 0 aromatic rings. The lowest BCUT2D eigenvalue weighted by atomic mass is 10.0. The maximum absolute atomic E-state index is 13.0. The van der Waals surface area contributed by atoms with E-state index in [-0.39, 0.29) is 38.5 Å². The molecule has 0 rings (SSSR count). The summed E-state index contributed by atoms with van der Waals surface area (Å²) in [6.45, 7) is 0.182. The fourth-order valence-electron chi connectivity index (χ4n) is 10.2. The highest BCUT2D eigenvalue weighted by atomic mass is 31.2. The molecular formula is C67H122O21P2-4. The summed E-state index contributed by atoms with van der Waals surface area (Å²) in [4.78, 5) is 98.3. The summed E-state index contributed by atoms with van der Waals surface area (Å²) in [5, 5.41) is 31.7. The van der Waals surface area contributed by atoms with E-state index in [1.54, 1.807) is 0 Å². The standard InChI is InChI=1S/C67H126O21P2/c1-3-5-7-9-11-13-15-17-19-21-23-25-33-40-46-52-65(75)86-60(56-81-63(73)50-44-39-35-29-31-37-43-49-62(71)72)57-85-89(77,78)83-54-59(68)55-84-90(79,80)88-67(58-82-64(74)51-45-38-32-28-27-30-36-42-48-61(69)70)87-66(76)53-47-41-34-26-24-22-20-18-16-14-12-10-8-6-4-2/h59-60,67-68H,3-58H2,1-2H3,(H,69,70)(H,71,72)(H,77,78)(H,79,80)/p-4. The van der Waals surface area contributed by atoms with Crippen molar-refractivity contribution in [3.05, 3.63) is 0 Å². The minimum atomic E-state index is -5.45. The molecule has 0 heterocycles. The van der Waals surface area contributed by atoms with Gasteiger partial charge in [-0.3, -0.25) is 32.8 Å². The summed E-state index contributed by atoms with van der Waals surface area (Å²) < 4.78 is 66.8.